The van der Waals surface area contributed by atoms with Crippen LogP contribution < -0.4 is 19.1 Å². The molecule has 1 atom stereocenters. The first-order valence-corrected chi connectivity index (χ1v) is 16.8. The predicted octanol–water partition coefficient (Wildman–Crippen LogP) is 5.83. The van der Waals surface area contributed by atoms with Gasteiger partial charge in [-0.3, -0.25) is 13.9 Å². The number of benzene rings is 3. The molecule has 2 aliphatic rings. The van der Waals surface area contributed by atoms with Crippen LogP contribution >= 0.6 is 23.2 Å². The number of amides is 2. The zero-order valence-corrected chi connectivity index (χ0v) is 26.7. The summed E-state index contributed by atoms with van der Waals surface area (Å²) in [4.78, 5) is 29.1. The number of sulfonamides is 1. The molecule has 3 aromatic carbocycles. The van der Waals surface area contributed by atoms with Crippen molar-refractivity contribution in [2.45, 2.75) is 62.6 Å². The van der Waals surface area contributed by atoms with Crippen molar-refractivity contribution in [1.82, 2.24) is 10.2 Å². The van der Waals surface area contributed by atoms with E-state index in [4.69, 9.17) is 32.7 Å². The maximum absolute atomic E-state index is 14.3. The Balaban J connectivity index is 1.51. The molecular weight excluding hydrogens is 625 g/mol. The summed E-state index contributed by atoms with van der Waals surface area (Å²) in [6, 6.07) is 16.6. The molecule has 9 nitrogen and oxygen atoms in total. The molecule has 0 radical (unpaired) electrons. The fourth-order valence-corrected chi connectivity index (χ4v) is 7.38. The van der Waals surface area contributed by atoms with Gasteiger partial charge in [0.05, 0.1) is 10.6 Å². The summed E-state index contributed by atoms with van der Waals surface area (Å²) in [5.74, 6) is -0.0901. The smallest absolute Gasteiger partial charge is 0.264 e. The lowest BCUT2D eigenvalue weighted by Gasteiger charge is -2.33. The Bertz CT molecular complexity index is 1580. The van der Waals surface area contributed by atoms with Gasteiger partial charge in [-0.1, -0.05) is 66.7 Å². The van der Waals surface area contributed by atoms with Crippen LogP contribution in [0.5, 0.6) is 11.5 Å². The van der Waals surface area contributed by atoms with Gasteiger partial charge in [-0.2, -0.15) is 0 Å². The van der Waals surface area contributed by atoms with Gasteiger partial charge >= 0.3 is 0 Å². The zero-order chi connectivity index (χ0) is 31.3. The Morgan fingerprint density at radius 1 is 0.909 bits per heavy atom. The second kappa shape index (κ2) is 14.1. The molecule has 1 heterocycles. The molecule has 0 saturated heterocycles. The number of carbonyl (C=O) groups is 2. The highest BCUT2D eigenvalue weighted by Crippen LogP contribution is 2.36. The minimum Gasteiger partial charge on any atom is -0.486 e. The largest absolute Gasteiger partial charge is 0.486 e. The third kappa shape index (κ3) is 7.25. The molecule has 0 bridgehead atoms. The minimum absolute atomic E-state index is 0.00600. The fourth-order valence-electron chi connectivity index (χ4n) is 5.44. The van der Waals surface area contributed by atoms with Crippen LogP contribution in [-0.2, 0) is 26.2 Å². The summed E-state index contributed by atoms with van der Waals surface area (Å²) in [5.41, 5.74) is 0.666. The van der Waals surface area contributed by atoms with Crippen LogP contribution in [0.3, 0.4) is 0 Å². The first-order chi connectivity index (χ1) is 21.1. The van der Waals surface area contributed by atoms with Crippen LogP contribution in [0.25, 0.3) is 0 Å². The van der Waals surface area contributed by atoms with E-state index >= 15 is 0 Å². The molecule has 1 aliphatic heterocycles. The number of rotatable bonds is 10. The van der Waals surface area contributed by atoms with E-state index in [0.29, 0.717) is 40.3 Å². The molecule has 1 N–H and O–H groups in total. The molecule has 2 amide bonds. The van der Waals surface area contributed by atoms with Crippen LogP contribution in [0.15, 0.2) is 71.6 Å². The quantitative estimate of drug-likeness (QED) is 0.294. The molecule has 234 valence electrons. The summed E-state index contributed by atoms with van der Waals surface area (Å²) < 4.78 is 40.5. The minimum atomic E-state index is -4.23. The van der Waals surface area contributed by atoms with Crippen molar-refractivity contribution in [3.63, 3.8) is 0 Å². The van der Waals surface area contributed by atoms with Gasteiger partial charge in [0, 0.05) is 34.3 Å². The lowest BCUT2D eigenvalue weighted by atomic mass is 9.95. The highest BCUT2D eigenvalue weighted by Gasteiger charge is 2.34. The van der Waals surface area contributed by atoms with Crippen LogP contribution in [0.1, 0.15) is 44.6 Å². The maximum atomic E-state index is 14.3. The first-order valence-electron chi connectivity index (χ1n) is 14.7. The van der Waals surface area contributed by atoms with Gasteiger partial charge in [0.25, 0.3) is 10.0 Å². The average molecular weight is 661 g/mol. The third-order valence-corrected chi connectivity index (χ3v) is 10.4. The Morgan fingerprint density at radius 2 is 1.57 bits per heavy atom. The van der Waals surface area contributed by atoms with Crippen molar-refractivity contribution in [2.24, 2.45) is 0 Å². The molecule has 1 saturated carbocycles. The molecule has 1 aliphatic carbocycles. The molecule has 44 heavy (non-hydrogen) atoms. The topological polar surface area (TPSA) is 105 Å². The van der Waals surface area contributed by atoms with Crippen LogP contribution in [0, 0.1) is 0 Å². The van der Waals surface area contributed by atoms with Crippen molar-refractivity contribution in [3.05, 3.63) is 82.3 Å². The number of nitrogens with zero attached hydrogens (tertiary/aromatic N) is 2. The predicted molar refractivity (Wildman–Crippen MR) is 170 cm³/mol. The van der Waals surface area contributed by atoms with Gasteiger partial charge in [0.15, 0.2) is 11.5 Å². The molecular formula is C32H35Cl2N3O6S. The van der Waals surface area contributed by atoms with Gasteiger partial charge in [-0.05, 0) is 56.2 Å². The number of carbonyl (C=O) groups excluding carboxylic acids is 2. The molecule has 5 rings (SSSR count). The van der Waals surface area contributed by atoms with E-state index in [2.05, 4.69) is 5.32 Å². The molecule has 0 aromatic heterocycles. The standard InChI is InChI=1S/C32H35Cl2N3O6S/c1-22(32(39)35-23-9-4-2-5-10-23)36(20-26-27(33)13-8-14-28(26)34)31(38)21-37(44(40,41)25-11-6-3-7-12-25)24-15-16-29-30(19-24)43-18-17-42-29/h3,6-8,11-16,19,22-23H,2,4-5,9-10,17-18,20-21H2,1H3,(H,35,39). The van der Waals surface area contributed by atoms with E-state index in [0.717, 1.165) is 36.4 Å². The normalized spacial score (nSPS) is 15.7. The van der Waals surface area contributed by atoms with Gasteiger partial charge in [-0.15, -0.1) is 0 Å². The lowest BCUT2D eigenvalue weighted by molar-refractivity contribution is -0.139. The van der Waals surface area contributed by atoms with Crippen molar-refractivity contribution in [2.75, 3.05) is 24.1 Å². The molecule has 12 heteroatoms. The second-order valence-electron chi connectivity index (χ2n) is 10.9. The van der Waals surface area contributed by atoms with Gasteiger partial charge in [-0.25, -0.2) is 8.42 Å². The van der Waals surface area contributed by atoms with E-state index in [9.17, 15) is 18.0 Å². The molecule has 0 spiro atoms. The van der Waals surface area contributed by atoms with Gasteiger partial charge in [0.2, 0.25) is 11.8 Å². The SMILES string of the molecule is CC(C(=O)NC1CCCCC1)N(Cc1c(Cl)cccc1Cl)C(=O)CN(c1ccc2c(c1)OCCO2)S(=O)(=O)c1ccccc1. The van der Waals surface area contributed by atoms with E-state index in [1.54, 1.807) is 55.5 Å². The van der Waals surface area contributed by atoms with Crippen LogP contribution in [0.4, 0.5) is 5.69 Å². The number of halogens is 2. The average Bonchev–Trinajstić information content (AvgIpc) is 3.03. The van der Waals surface area contributed by atoms with Crippen LogP contribution in [0.2, 0.25) is 10.0 Å². The molecule has 3 aromatic rings. The maximum Gasteiger partial charge on any atom is 0.264 e. The number of ether oxygens (including phenoxy) is 2. The third-order valence-electron chi connectivity index (χ3n) is 7.93. The highest BCUT2D eigenvalue weighted by atomic mass is 35.5. The highest BCUT2D eigenvalue weighted by molar-refractivity contribution is 7.92. The summed E-state index contributed by atoms with van der Waals surface area (Å²) in [6.07, 6.45) is 4.92. The van der Waals surface area contributed by atoms with Gasteiger partial charge in [0.1, 0.15) is 25.8 Å². The van der Waals surface area contributed by atoms with E-state index in [-0.39, 0.29) is 29.1 Å². The van der Waals surface area contributed by atoms with Crippen LogP contribution in [-0.4, -0.2) is 57.0 Å². The summed E-state index contributed by atoms with van der Waals surface area (Å²) in [6.45, 7) is 1.61. The zero-order valence-electron chi connectivity index (χ0n) is 24.4. The van der Waals surface area contributed by atoms with Gasteiger partial charge < -0.3 is 19.7 Å². The van der Waals surface area contributed by atoms with Crippen molar-refractivity contribution in [3.8, 4) is 11.5 Å². The van der Waals surface area contributed by atoms with E-state index < -0.39 is 28.5 Å². The first kappa shape index (κ1) is 31.9. The van der Waals surface area contributed by atoms with Crippen molar-refractivity contribution >= 4 is 50.7 Å². The number of hydrogen-bond donors (Lipinski definition) is 1. The summed E-state index contributed by atoms with van der Waals surface area (Å²) in [7, 11) is -4.23. The number of hydrogen-bond acceptors (Lipinski definition) is 6. The second-order valence-corrected chi connectivity index (χ2v) is 13.6. The summed E-state index contributed by atoms with van der Waals surface area (Å²) >= 11 is 13.0. The molecule has 1 fully saturated rings. The van der Waals surface area contributed by atoms with E-state index in [1.807, 2.05) is 0 Å². The molecule has 1 unspecified atom stereocenters. The number of nitrogens with one attached hydrogen (secondary N) is 1. The Morgan fingerprint density at radius 3 is 2.25 bits per heavy atom. The Hall–Kier alpha value is -3.47. The van der Waals surface area contributed by atoms with E-state index in [1.165, 1.54) is 23.1 Å². The Kier molecular flexibility index (Phi) is 10.2. The monoisotopic (exact) mass is 659 g/mol. The van der Waals surface area contributed by atoms with Crippen molar-refractivity contribution in [1.29, 1.82) is 0 Å². The number of anilines is 1. The lowest BCUT2D eigenvalue weighted by Crippen LogP contribution is -2.53. The number of fused-ring (bicyclic) bond motifs is 1. The summed E-state index contributed by atoms with van der Waals surface area (Å²) in [5, 5.41) is 3.74. The van der Waals surface area contributed by atoms with Crippen molar-refractivity contribution < 1.29 is 27.5 Å². The Labute approximate surface area is 268 Å². The fraction of sp³-hybridized carbons (Fsp3) is 0.375.